The molecule has 0 atom stereocenters. The van der Waals surface area contributed by atoms with E-state index in [0.717, 1.165) is 30.2 Å². The van der Waals surface area contributed by atoms with Crippen LogP contribution in [-0.4, -0.2) is 23.2 Å². The van der Waals surface area contributed by atoms with Crippen LogP contribution in [0.25, 0.3) is 0 Å². The molecule has 0 radical (unpaired) electrons. The van der Waals surface area contributed by atoms with Gasteiger partial charge in [-0.2, -0.15) is 0 Å². The van der Waals surface area contributed by atoms with E-state index in [1.807, 2.05) is 0 Å². The molecule has 1 aromatic rings. The van der Waals surface area contributed by atoms with Crippen molar-refractivity contribution < 1.29 is 9.90 Å². The molecular formula is C16H23BrN2O2. The molecule has 0 aliphatic heterocycles. The Kier molecular flexibility index (Phi) is 4.63. The van der Waals surface area contributed by atoms with Crippen LogP contribution in [-0.2, 0) is 0 Å². The van der Waals surface area contributed by atoms with Gasteiger partial charge in [0.25, 0.3) is 5.91 Å². The predicted octanol–water partition coefficient (Wildman–Crippen LogP) is 3.09. The van der Waals surface area contributed by atoms with Crippen LogP contribution >= 0.6 is 15.9 Å². The van der Waals surface area contributed by atoms with Crippen LogP contribution in [0.15, 0.2) is 22.7 Å². The van der Waals surface area contributed by atoms with Crippen molar-refractivity contribution in [3.05, 3.63) is 28.2 Å². The molecule has 1 saturated carbocycles. The summed E-state index contributed by atoms with van der Waals surface area (Å²) in [6.07, 6.45) is 3.40. The molecule has 4 N–H and O–H groups in total. The second kappa shape index (κ2) is 5.97. The highest BCUT2D eigenvalue weighted by molar-refractivity contribution is 9.10. The van der Waals surface area contributed by atoms with Gasteiger partial charge in [-0.25, -0.2) is 0 Å². The second-order valence-electron chi connectivity index (χ2n) is 6.81. The first-order valence-corrected chi connectivity index (χ1v) is 8.06. The van der Waals surface area contributed by atoms with Crippen LogP contribution in [0.2, 0.25) is 0 Å². The van der Waals surface area contributed by atoms with Crippen LogP contribution in [0.1, 0.15) is 49.9 Å². The number of nitrogen functional groups attached to an aromatic ring is 1. The zero-order chi connectivity index (χ0) is 15.7. The molecule has 116 valence electrons. The Morgan fingerprint density at radius 2 is 1.95 bits per heavy atom. The van der Waals surface area contributed by atoms with Gasteiger partial charge in [-0.3, -0.25) is 4.79 Å². The number of nitrogens with two attached hydrogens (primary N) is 1. The highest BCUT2D eigenvalue weighted by Gasteiger charge is 2.36. The van der Waals surface area contributed by atoms with Gasteiger partial charge in [0.2, 0.25) is 0 Å². The Morgan fingerprint density at radius 1 is 1.33 bits per heavy atom. The molecule has 0 unspecified atom stereocenters. The number of nitrogens with one attached hydrogen (secondary N) is 1. The topological polar surface area (TPSA) is 75.3 Å². The number of halogens is 1. The maximum Gasteiger partial charge on any atom is 0.251 e. The van der Waals surface area contributed by atoms with Gasteiger partial charge >= 0.3 is 0 Å². The SMILES string of the molecule is CC1(C)CCC(O)(CNC(=O)c2ccc(Br)c(N)c2)CC1. The first kappa shape index (κ1) is 16.3. The average molecular weight is 355 g/mol. The van der Waals surface area contributed by atoms with Crippen LogP contribution in [0.3, 0.4) is 0 Å². The van der Waals surface area contributed by atoms with Crippen molar-refractivity contribution in [1.29, 1.82) is 0 Å². The van der Waals surface area contributed by atoms with Crippen molar-refractivity contribution in [2.24, 2.45) is 5.41 Å². The highest BCUT2D eigenvalue weighted by atomic mass is 79.9. The summed E-state index contributed by atoms with van der Waals surface area (Å²) in [5.74, 6) is -0.201. The van der Waals surface area contributed by atoms with Gasteiger partial charge in [0.05, 0.1) is 5.60 Å². The van der Waals surface area contributed by atoms with Gasteiger partial charge < -0.3 is 16.2 Å². The number of carbonyl (C=O) groups excluding carboxylic acids is 1. The molecule has 21 heavy (non-hydrogen) atoms. The Bertz CT molecular complexity index is 533. The summed E-state index contributed by atoms with van der Waals surface area (Å²) < 4.78 is 0.771. The number of benzene rings is 1. The minimum atomic E-state index is -0.786. The first-order valence-electron chi connectivity index (χ1n) is 7.26. The minimum absolute atomic E-state index is 0.201. The second-order valence-corrected chi connectivity index (χ2v) is 7.66. The zero-order valence-electron chi connectivity index (χ0n) is 12.6. The van der Waals surface area contributed by atoms with Crippen molar-refractivity contribution in [2.45, 2.75) is 45.1 Å². The number of hydrogen-bond acceptors (Lipinski definition) is 3. The maximum absolute atomic E-state index is 12.1. The fraction of sp³-hybridized carbons (Fsp3) is 0.562. The lowest BCUT2D eigenvalue weighted by Crippen LogP contribution is -2.46. The molecule has 0 bridgehead atoms. The van der Waals surface area contributed by atoms with E-state index in [-0.39, 0.29) is 17.9 Å². The third-order valence-electron chi connectivity index (χ3n) is 4.37. The highest BCUT2D eigenvalue weighted by Crippen LogP contribution is 2.39. The number of aliphatic hydroxyl groups is 1. The monoisotopic (exact) mass is 354 g/mol. The fourth-order valence-corrected chi connectivity index (χ4v) is 2.85. The van der Waals surface area contributed by atoms with E-state index in [1.54, 1.807) is 18.2 Å². The molecule has 1 aromatic carbocycles. The predicted molar refractivity (Wildman–Crippen MR) is 88.1 cm³/mol. The number of anilines is 1. The number of hydrogen-bond donors (Lipinski definition) is 3. The molecule has 1 fully saturated rings. The van der Waals surface area contributed by atoms with Gasteiger partial charge in [-0.05, 0) is 65.2 Å². The zero-order valence-corrected chi connectivity index (χ0v) is 14.2. The molecule has 2 rings (SSSR count). The van der Waals surface area contributed by atoms with E-state index in [0.29, 0.717) is 11.3 Å². The van der Waals surface area contributed by atoms with E-state index in [2.05, 4.69) is 35.1 Å². The Morgan fingerprint density at radius 3 is 2.52 bits per heavy atom. The Hall–Kier alpha value is -1.07. The van der Waals surface area contributed by atoms with Crippen molar-refractivity contribution in [3.8, 4) is 0 Å². The van der Waals surface area contributed by atoms with Crippen molar-refractivity contribution in [3.63, 3.8) is 0 Å². The lowest BCUT2D eigenvalue weighted by Gasteiger charge is -2.40. The van der Waals surface area contributed by atoms with Crippen LogP contribution in [0, 0.1) is 5.41 Å². The van der Waals surface area contributed by atoms with E-state index in [4.69, 9.17) is 5.73 Å². The molecule has 0 heterocycles. The average Bonchev–Trinajstić information content (AvgIpc) is 2.43. The molecule has 0 aromatic heterocycles. The van der Waals surface area contributed by atoms with E-state index in [1.165, 1.54) is 0 Å². The van der Waals surface area contributed by atoms with E-state index < -0.39 is 5.60 Å². The smallest absolute Gasteiger partial charge is 0.251 e. The quantitative estimate of drug-likeness (QED) is 0.730. The van der Waals surface area contributed by atoms with Crippen LogP contribution in [0.5, 0.6) is 0 Å². The normalized spacial score (nSPS) is 20.0. The molecule has 5 heteroatoms. The maximum atomic E-state index is 12.1. The van der Waals surface area contributed by atoms with Gasteiger partial charge in [0, 0.05) is 22.3 Å². The van der Waals surface area contributed by atoms with Crippen molar-refractivity contribution >= 4 is 27.5 Å². The van der Waals surface area contributed by atoms with Gasteiger partial charge in [-0.1, -0.05) is 13.8 Å². The molecular weight excluding hydrogens is 332 g/mol. The standard InChI is InChI=1S/C16H23BrN2O2/c1-15(2)5-7-16(21,8-6-15)10-19-14(20)11-3-4-12(17)13(18)9-11/h3-4,9,21H,5-8,10,18H2,1-2H3,(H,19,20). The summed E-state index contributed by atoms with van der Waals surface area (Å²) in [5, 5.41) is 13.4. The number of carbonyl (C=O) groups is 1. The lowest BCUT2D eigenvalue weighted by atomic mass is 9.71. The summed E-state index contributed by atoms with van der Waals surface area (Å²) in [4.78, 5) is 12.1. The molecule has 1 amide bonds. The molecule has 1 aliphatic carbocycles. The number of amides is 1. The summed E-state index contributed by atoms with van der Waals surface area (Å²) in [5.41, 5.74) is 6.32. The van der Waals surface area contributed by atoms with E-state index >= 15 is 0 Å². The minimum Gasteiger partial charge on any atom is -0.398 e. The largest absolute Gasteiger partial charge is 0.398 e. The van der Waals surface area contributed by atoms with Gasteiger partial charge in [0.15, 0.2) is 0 Å². The fourth-order valence-electron chi connectivity index (χ4n) is 2.60. The summed E-state index contributed by atoms with van der Waals surface area (Å²) in [6.45, 7) is 4.73. The summed E-state index contributed by atoms with van der Waals surface area (Å²) in [6, 6.07) is 5.10. The molecule has 1 aliphatic rings. The first-order chi connectivity index (χ1) is 9.71. The van der Waals surface area contributed by atoms with Crippen molar-refractivity contribution in [1.82, 2.24) is 5.32 Å². The van der Waals surface area contributed by atoms with E-state index in [9.17, 15) is 9.90 Å². The van der Waals surface area contributed by atoms with Crippen molar-refractivity contribution in [2.75, 3.05) is 12.3 Å². The third-order valence-corrected chi connectivity index (χ3v) is 5.09. The molecule has 0 saturated heterocycles. The van der Waals surface area contributed by atoms with Crippen LogP contribution < -0.4 is 11.1 Å². The van der Waals surface area contributed by atoms with Gasteiger partial charge in [0.1, 0.15) is 0 Å². The Balaban J connectivity index is 1.93. The molecule has 4 nitrogen and oxygen atoms in total. The van der Waals surface area contributed by atoms with Crippen LogP contribution in [0.4, 0.5) is 5.69 Å². The number of rotatable bonds is 3. The summed E-state index contributed by atoms with van der Waals surface area (Å²) >= 11 is 3.30. The summed E-state index contributed by atoms with van der Waals surface area (Å²) in [7, 11) is 0. The molecule has 0 spiro atoms. The Labute approximate surface area is 134 Å². The lowest BCUT2D eigenvalue weighted by molar-refractivity contribution is -0.0233. The van der Waals surface area contributed by atoms with Gasteiger partial charge in [-0.15, -0.1) is 0 Å². The third kappa shape index (κ3) is 4.20.